The van der Waals surface area contributed by atoms with Gasteiger partial charge < -0.3 is 14.7 Å². The van der Waals surface area contributed by atoms with Gasteiger partial charge in [-0.25, -0.2) is 15.0 Å². The highest BCUT2D eigenvalue weighted by molar-refractivity contribution is 5.83. The molecular formula is C22H17N5O2. The van der Waals surface area contributed by atoms with E-state index in [0.29, 0.717) is 52.2 Å². The van der Waals surface area contributed by atoms with Crippen LogP contribution in [0.5, 0.6) is 0 Å². The van der Waals surface area contributed by atoms with Crippen LogP contribution in [0, 0.1) is 0 Å². The predicted octanol–water partition coefficient (Wildman–Crippen LogP) is 3.78. The van der Waals surface area contributed by atoms with E-state index < -0.39 is 0 Å². The Morgan fingerprint density at radius 3 is 2.69 bits per heavy atom. The monoisotopic (exact) mass is 383 g/mol. The number of aromatic amines is 1. The SMILES string of the molecule is O=c1c(-c2ccccc2)c(CCNc2ncnc3[nH]cnc23)oc2ccccc12. The molecule has 142 valence electrons. The highest BCUT2D eigenvalue weighted by atomic mass is 16.3. The van der Waals surface area contributed by atoms with Gasteiger partial charge in [0.05, 0.1) is 17.3 Å². The second-order valence-corrected chi connectivity index (χ2v) is 6.59. The highest BCUT2D eigenvalue weighted by Crippen LogP contribution is 2.25. The topological polar surface area (TPSA) is 96.7 Å². The number of fused-ring (bicyclic) bond motifs is 2. The number of benzene rings is 2. The third kappa shape index (κ3) is 3.12. The number of anilines is 1. The van der Waals surface area contributed by atoms with Crippen molar-refractivity contribution in [3.05, 3.63) is 83.2 Å². The number of H-pyrrole nitrogens is 1. The van der Waals surface area contributed by atoms with Gasteiger partial charge in [0, 0.05) is 13.0 Å². The normalized spacial score (nSPS) is 11.2. The molecule has 2 N–H and O–H groups in total. The number of nitrogens with one attached hydrogen (secondary N) is 2. The van der Waals surface area contributed by atoms with Crippen LogP contribution in [0.25, 0.3) is 33.3 Å². The molecule has 0 atom stereocenters. The minimum Gasteiger partial charge on any atom is -0.460 e. The van der Waals surface area contributed by atoms with Crippen LogP contribution in [0.15, 0.2) is 76.5 Å². The Kier molecular flexibility index (Phi) is 4.25. The number of imidazole rings is 1. The molecule has 0 bridgehead atoms. The number of para-hydroxylation sites is 1. The van der Waals surface area contributed by atoms with E-state index in [-0.39, 0.29) is 5.43 Å². The summed E-state index contributed by atoms with van der Waals surface area (Å²) in [4.78, 5) is 28.8. The fourth-order valence-electron chi connectivity index (χ4n) is 3.45. The first kappa shape index (κ1) is 17.1. The lowest BCUT2D eigenvalue weighted by atomic mass is 10.0. The molecule has 3 aromatic heterocycles. The Labute approximate surface area is 165 Å². The van der Waals surface area contributed by atoms with Crippen LogP contribution >= 0.6 is 0 Å². The third-order valence-electron chi connectivity index (χ3n) is 4.79. The summed E-state index contributed by atoms with van der Waals surface area (Å²) >= 11 is 0. The summed E-state index contributed by atoms with van der Waals surface area (Å²) in [6, 6.07) is 16.9. The van der Waals surface area contributed by atoms with Crippen molar-refractivity contribution in [3.8, 4) is 11.1 Å². The zero-order chi connectivity index (χ0) is 19.6. The molecule has 0 saturated carbocycles. The van der Waals surface area contributed by atoms with Crippen molar-refractivity contribution in [2.24, 2.45) is 0 Å². The zero-order valence-electron chi connectivity index (χ0n) is 15.4. The van der Waals surface area contributed by atoms with Crippen molar-refractivity contribution in [3.63, 3.8) is 0 Å². The molecule has 0 amide bonds. The Morgan fingerprint density at radius 2 is 1.79 bits per heavy atom. The van der Waals surface area contributed by atoms with Crippen LogP contribution in [0.4, 0.5) is 5.82 Å². The molecule has 7 heteroatoms. The largest absolute Gasteiger partial charge is 0.460 e. The third-order valence-corrected chi connectivity index (χ3v) is 4.79. The molecule has 5 rings (SSSR count). The van der Waals surface area contributed by atoms with E-state index in [2.05, 4.69) is 25.3 Å². The van der Waals surface area contributed by atoms with Crippen molar-refractivity contribution in [1.29, 1.82) is 0 Å². The maximum Gasteiger partial charge on any atom is 0.200 e. The van der Waals surface area contributed by atoms with Crippen LogP contribution < -0.4 is 10.7 Å². The van der Waals surface area contributed by atoms with Crippen LogP contribution in [-0.4, -0.2) is 26.5 Å². The number of hydrogen-bond donors (Lipinski definition) is 2. The van der Waals surface area contributed by atoms with E-state index in [4.69, 9.17) is 4.42 Å². The molecule has 0 fully saturated rings. The molecule has 0 aliphatic heterocycles. The molecule has 0 saturated heterocycles. The van der Waals surface area contributed by atoms with E-state index in [0.717, 1.165) is 5.56 Å². The minimum atomic E-state index is -0.0234. The van der Waals surface area contributed by atoms with Gasteiger partial charge in [0.2, 0.25) is 5.43 Å². The zero-order valence-corrected chi connectivity index (χ0v) is 15.4. The smallest absolute Gasteiger partial charge is 0.200 e. The second kappa shape index (κ2) is 7.20. The fourth-order valence-corrected chi connectivity index (χ4v) is 3.45. The lowest BCUT2D eigenvalue weighted by Crippen LogP contribution is -2.13. The Morgan fingerprint density at radius 1 is 0.966 bits per heavy atom. The average molecular weight is 383 g/mol. The molecule has 2 aromatic carbocycles. The summed E-state index contributed by atoms with van der Waals surface area (Å²) in [7, 11) is 0. The van der Waals surface area contributed by atoms with Crippen molar-refractivity contribution in [2.45, 2.75) is 6.42 Å². The lowest BCUT2D eigenvalue weighted by Gasteiger charge is -2.11. The number of hydrogen-bond acceptors (Lipinski definition) is 6. The Hall–Kier alpha value is -4.00. The molecule has 0 unspecified atom stereocenters. The molecule has 0 aliphatic carbocycles. The lowest BCUT2D eigenvalue weighted by molar-refractivity contribution is 0.542. The van der Waals surface area contributed by atoms with Gasteiger partial charge in [-0.3, -0.25) is 4.79 Å². The van der Waals surface area contributed by atoms with Gasteiger partial charge in [-0.2, -0.15) is 0 Å². The van der Waals surface area contributed by atoms with Crippen molar-refractivity contribution >= 4 is 28.0 Å². The average Bonchev–Trinajstić information content (AvgIpc) is 3.24. The van der Waals surface area contributed by atoms with Crippen molar-refractivity contribution in [2.75, 3.05) is 11.9 Å². The van der Waals surface area contributed by atoms with Gasteiger partial charge in [0.1, 0.15) is 23.2 Å². The summed E-state index contributed by atoms with van der Waals surface area (Å²) in [5.74, 6) is 1.28. The first-order valence-corrected chi connectivity index (χ1v) is 9.29. The molecule has 7 nitrogen and oxygen atoms in total. The van der Waals surface area contributed by atoms with E-state index >= 15 is 0 Å². The van der Waals surface area contributed by atoms with E-state index in [1.54, 1.807) is 12.4 Å². The Bertz CT molecular complexity index is 1360. The van der Waals surface area contributed by atoms with Gasteiger partial charge in [0.15, 0.2) is 11.5 Å². The van der Waals surface area contributed by atoms with E-state index in [9.17, 15) is 4.79 Å². The van der Waals surface area contributed by atoms with Gasteiger partial charge in [-0.15, -0.1) is 0 Å². The Balaban J connectivity index is 1.52. The minimum absolute atomic E-state index is 0.0234. The maximum absolute atomic E-state index is 13.2. The summed E-state index contributed by atoms with van der Waals surface area (Å²) < 4.78 is 6.14. The molecule has 5 aromatic rings. The maximum atomic E-state index is 13.2. The van der Waals surface area contributed by atoms with Crippen LogP contribution in [0.2, 0.25) is 0 Å². The van der Waals surface area contributed by atoms with Crippen LogP contribution in [0.1, 0.15) is 5.76 Å². The van der Waals surface area contributed by atoms with E-state index in [1.807, 2.05) is 48.5 Å². The molecule has 0 spiro atoms. The number of rotatable bonds is 5. The first-order chi connectivity index (χ1) is 14.3. The number of nitrogens with zero attached hydrogens (tertiary/aromatic N) is 3. The summed E-state index contributed by atoms with van der Waals surface area (Å²) in [6.07, 6.45) is 3.58. The van der Waals surface area contributed by atoms with Gasteiger partial charge in [-0.05, 0) is 17.7 Å². The first-order valence-electron chi connectivity index (χ1n) is 9.29. The van der Waals surface area contributed by atoms with Gasteiger partial charge in [0.25, 0.3) is 0 Å². The molecular weight excluding hydrogens is 366 g/mol. The van der Waals surface area contributed by atoms with E-state index in [1.165, 1.54) is 6.33 Å². The fraction of sp³-hybridized carbons (Fsp3) is 0.0909. The number of aromatic nitrogens is 4. The predicted molar refractivity (Wildman–Crippen MR) is 112 cm³/mol. The second-order valence-electron chi connectivity index (χ2n) is 6.59. The van der Waals surface area contributed by atoms with Crippen molar-refractivity contribution < 1.29 is 4.42 Å². The summed E-state index contributed by atoms with van der Waals surface area (Å²) in [6.45, 7) is 0.528. The molecule has 29 heavy (non-hydrogen) atoms. The summed E-state index contributed by atoms with van der Waals surface area (Å²) in [5.41, 5.74) is 3.35. The quantitative estimate of drug-likeness (QED) is 0.479. The molecule has 0 radical (unpaired) electrons. The van der Waals surface area contributed by atoms with Crippen LogP contribution in [-0.2, 0) is 6.42 Å². The standard InChI is InChI=1S/C22H17N5O2/c28-20-15-8-4-5-9-16(15)29-17(18(20)14-6-2-1-3-7-14)10-11-23-21-19-22(25-12-24-19)27-13-26-21/h1-9,12-13H,10-11H2,(H2,23,24,25,26,27). The van der Waals surface area contributed by atoms with Crippen LogP contribution in [0.3, 0.4) is 0 Å². The van der Waals surface area contributed by atoms with Gasteiger partial charge >= 0.3 is 0 Å². The molecule has 3 heterocycles. The summed E-state index contributed by atoms with van der Waals surface area (Å²) in [5, 5.41) is 3.85. The van der Waals surface area contributed by atoms with Gasteiger partial charge in [-0.1, -0.05) is 42.5 Å². The van der Waals surface area contributed by atoms with Crippen molar-refractivity contribution in [1.82, 2.24) is 19.9 Å². The molecule has 0 aliphatic rings. The highest BCUT2D eigenvalue weighted by Gasteiger charge is 2.16.